The van der Waals surface area contributed by atoms with Crippen LogP contribution in [0.15, 0.2) is 51.1 Å². The number of carbonyl (C=O) groups is 1. The van der Waals surface area contributed by atoms with Gasteiger partial charge < -0.3 is 15.9 Å². The average Bonchev–Trinajstić information content (AvgIpc) is 3.14. The molecule has 8 nitrogen and oxygen atoms in total. The molecule has 0 atom stereocenters. The number of sulfonamides is 1. The Balaban J connectivity index is 1.93. The summed E-state index contributed by atoms with van der Waals surface area (Å²) in [7, 11) is -0.690. The van der Waals surface area contributed by atoms with Gasteiger partial charge in [0.2, 0.25) is 10.0 Å². The highest BCUT2D eigenvalue weighted by Crippen LogP contribution is 2.18. The average molecular weight is 396 g/mol. The summed E-state index contributed by atoms with van der Waals surface area (Å²) in [6.07, 6.45) is 0. The zero-order valence-corrected chi connectivity index (χ0v) is 16.0. The minimum Gasteiger partial charge on any atom is -0.384 e. The van der Waals surface area contributed by atoms with Gasteiger partial charge in [0.05, 0.1) is 4.90 Å². The van der Waals surface area contributed by atoms with Crippen LogP contribution < -0.4 is 11.1 Å². The number of hydrogen-bond donors (Lipinski definition) is 2. The van der Waals surface area contributed by atoms with E-state index in [4.69, 9.17) is 10.6 Å². The lowest BCUT2D eigenvalue weighted by Crippen LogP contribution is -2.29. The summed E-state index contributed by atoms with van der Waals surface area (Å²) in [5.41, 5.74) is 6.92. The van der Waals surface area contributed by atoms with Gasteiger partial charge in [-0.1, -0.05) is 23.4 Å². The van der Waals surface area contributed by atoms with E-state index in [0.717, 1.165) is 9.87 Å². The van der Waals surface area contributed by atoms with Crippen LogP contribution in [-0.4, -0.2) is 45.2 Å². The number of amides is 1. The third-order valence-electron chi connectivity index (χ3n) is 3.38. The molecule has 1 aromatic carbocycles. The zero-order valence-electron chi connectivity index (χ0n) is 14.4. The number of benzene rings is 1. The molecule has 0 fully saturated rings. The molecule has 26 heavy (non-hydrogen) atoms. The van der Waals surface area contributed by atoms with Crippen molar-refractivity contribution in [3.05, 3.63) is 52.2 Å². The fourth-order valence-corrected chi connectivity index (χ4v) is 3.73. The molecular formula is C16H20N4O4S2. The van der Waals surface area contributed by atoms with E-state index < -0.39 is 15.9 Å². The lowest BCUT2D eigenvalue weighted by molar-refractivity contribution is -0.125. The molecule has 3 N–H and O–H groups in total. The second-order valence-electron chi connectivity index (χ2n) is 5.43. The van der Waals surface area contributed by atoms with Crippen molar-refractivity contribution >= 4 is 33.1 Å². The molecule has 0 saturated heterocycles. The van der Waals surface area contributed by atoms with Gasteiger partial charge in [-0.25, -0.2) is 12.7 Å². The van der Waals surface area contributed by atoms with E-state index in [1.54, 1.807) is 24.3 Å². The first-order valence-electron chi connectivity index (χ1n) is 7.57. The standard InChI is InChI=1S/C16H20N4O4S2/c1-20(2)26(22,23)14-6-4-3-5-12(14)9-18-15(21)10-24-19-16(17)13-7-8-25-11-13/h3-8,11H,9-10H2,1-2H3,(H2,17,19)(H,18,21). The van der Waals surface area contributed by atoms with Crippen molar-refractivity contribution in [1.82, 2.24) is 9.62 Å². The van der Waals surface area contributed by atoms with Gasteiger partial charge >= 0.3 is 0 Å². The van der Waals surface area contributed by atoms with Crippen LogP contribution in [0.1, 0.15) is 11.1 Å². The van der Waals surface area contributed by atoms with Gasteiger partial charge in [-0.05, 0) is 23.1 Å². The molecule has 1 heterocycles. The predicted molar refractivity (Wildman–Crippen MR) is 100 cm³/mol. The third kappa shape index (κ3) is 5.04. The van der Waals surface area contributed by atoms with Crippen LogP contribution >= 0.6 is 11.3 Å². The molecule has 2 aromatic rings. The maximum absolute atomic E-state index is 12.3. The van der Waals surface area contributed by atoms with Crippen molar-refractivity contribution in [3.8, 4) is 0 Å². The van der Waals surface area contributed by atoms with Gasteiger partial charge in [0.1, 0.15) is 0 Å². The number of rotatable bonds is 8. The lowest BCUT2D eigenvalue weighted by atomic mass is 10.2. The number of nitrogens with zero attached hydrogens (tertiary/aromatic N) is 2. The fraction of sp³-hybridized carbons (Fsp3) is 0.250. The van der Waals surface area contributed by atoms with Crippen molar-refractivity contribution in [2.75, 3.05) is 20.7 Å². The minimum atomic E-state index is -3.60. The fourth-order valence-electron chi connectivity index (χ4n) is 1.97. The Kier molecular flexibility index (Phi) is 6.72. The molecule has 0 bridgehead atoms. The first-order chi connectivity index (χ1) is 12.3. The van der Waals surface area contributed by atoms with E-state index >= 15 is 0 Å². The summed E-state index contributed by atoms with van der Waals surface area (Å²) in [6, 6.07) is 8.27. The summed E-state index contributed by atoms with van der Waals surface area (Å²) in [5.74, 6) is -0.259. The first kappa shape index (κ1) is 19.9. The van der Waals surface area contributed by atoms with E-state index in [2.05, 4.69) is 10.5 Å². The molecule has 1 aromatic heterocycles. The van der Waals surface area contributed by atoms with Crippen LogP contribution in [0.4, 0.5) is 0 Å². The number of hydrogen-bond acceptors (Lipinski definition) is 6. The molecule has 140 valence electrons. The number of nitrogens with one attached hydrogen (secondary N) is 1. The van der Waals surface area contributed by atoms with E-state index in [9.17, 15) is 13.2 Å². The Morgan fingerprint density at radius 2 is 2.04 bits per heavy atom. The predicted octanol–water partition coefficient (Wildman–Crippen LogP) is 0.952. The molecular weight excluding hydrogens is 376 g/mol. The highest BCUT2D eigenvalue weighted by Gasteiger charge is 2.20. The normalized spacial score (nSPS) is 12.2. The van der Waals surface area contributed by atoms with Crippen LogP contribution in [0, 0.1) is 0 Å². The van der Waals surface area contributed by atoms with Crippen molar-refractivity contribution in [1.29, 1.82) is 0 Å². The highest BCUT2D eigenvalue weighted by atomic mass is 32.2. The Bertz CT molecular complexity index is 877. The van der Waals surface area contributed by atoms with Crippen LogP contribution in [-0.2, 0) is 26.2 Å². The largest absolute Gasteiger partial charge is 0.384 e. The van der Waals surface area contributed by atoms with Crippen LogP contribution in [0.2, 0.25) is 0 Å². The third-order valence-corrected chi connectivity index (χ3v) is 5.98. The topological polar surface area (TPSA) is 114 Å². The summed E-state index contributed by atoms with van der Waals surface area (Å²) in [4.78, 5) is 17.0. The Morgan fingerprint density at radius 1 is 1.31 bits per heavy atom. The molecule has 0 aliphatic heterocycles. The number of oxime groups is 1. The second-order valence-corrected chi connectivity index (χ2v) is 8.33. The molecule has 0 saturated carbocycles. The molecule has 0 aliphatic carbocycles. The van der Waals surface area contributed by atoms with Crippen molar-refractivity contribution in [2.45, 2.75) is 11.4 Å². The number of carbonyl (C=O) groups excluding carboxylic acids is 1. The smallest absolute Gasteiger partial charge is 0.261 e. The van der Waals surface area contributed by atoms with Crippen LogP contribution in [0.3, 0.4) is 0 Å². The highest BCUT2D eigenvalue weighted by molar-refractivity contribution is 7.89. The van der Waals surface area contributed by atoms with Gasteiger partial charge in [0.15, 0.2) is 12.4 Å². The van der Waals surface area contributed by atoms with Crippen LogP contribution in [0.5, 0.6) is 0 Å². The summed E-state index contributed by atoms with van der Waals surface area (Å²) in [5, 5.41) is 9.94. The van der Waals surface area contributed by atoms with Gasteiger partial charge in [-0.15, -0.1) is 0 Å². The Labute approximate surface area is 156 Å². The van der Waals surface area contributed by atoms with E-state index in [-0.39, 0.29) is 23.9 Å². The quantitative estimate of drug-likeness (QED) is 0.392. The number of amidine groups is 1. The summed E-state index contributed by atoms with van der Waals surface area (Å²) in [6.45, 7) is -0.275. The zero-order chi connectivity index (χ0) is 19.2. The van der Waals surface area contributed by atoms with Gasteiger partial charge in [-0.3, -0.25) is 4.79 Å². The van der Waals surface area contributed by atoms with Gasteiger partial charge in [-0.2, -0.15) is 11.3 Å². The van der Waals surface area contributed by atoms with Crippen molar-refractivity contribution in [2.24, 2.45) is 10.9 Å². The Hall–Kier alpha value is -2.43. The lowest BCUT2D eigenvalue weighted by Gasteiger charge is -2.15. The SMILES string of the molecule is CN(C)S(=O)(=O)c1ccccc1CNC(=O)CO/N=C(/N)c1ccsc1. The monoisotopic (exact) mass is 396 g/mol. The second kappa shape index (κ2) is 8.79. The van der Waals surface area contributed by atoms with Crippen LogP contribution in [0.25, 0.3) is 0 Å². The minimum absolute atomic E-state index is 0.0508. The van der Waals surface area contributed by atoms with Crippen molar-refractivity contribution < 1.29 is 18.0 Å². The summed E-state index contributed by atoms with van der Waals surface area (Å²) < 4.78 is 25.8. The molecule has 2 rings (SSSR count). The first-order valence-corrected chi connectivity index (χ1v) is 9.96. The molecule has 1 amide bonds. The molecule has 0 radical (unpaired) electrons. The Morgan fingerprint density at radius 3 is 2.69 bits per heavy atom. The summed E-state index contributed by atoms with van der Waals surface area (Å²) >= 11 is 1.47. The number of nitrogens with two attached hydrogens (primary N) is 1. The number of thiophene rings is 1. The van der Waals surface area contributed by atoms with E-state index in [1.807, 2.05) is 10.8 Å². The maximum atomic E-state index is 12.3. The molecule has 0 spiro atoms. The van der Waals surface area contributed by atoms with E-state index in [0.29, 0.717) is 5.56 Å². The molecule has 10 heteroatoms. The van der Waals surface area contributed by atoms with Gasteiger partial charge in [0, 0.05) is 31.6 Å². The maximum Gasteiger partial charge on any atom is 0.261 e. The van der Waals surface area contributed by atoms with Gasteiger partial charge in [0.25, 0.3) is 5.91 Å². The molecule has 0 unspecified atom stereocenters. The molecule has 0 aliphatic rings. The van der Waals surface area contributed by atoms with E-state index in [1.165, 1.54) is 31.5 Å². The van der Waals surface area contributed by atoms with Crippen molar-refractivity contribution in [3.63, 3.8) is 0 Å².